The third-order valence-corrected chi connectivity index (χ3v) is 5.60. The SMILES string of the molecule is Cc1cc(C(=O)CSc2nc3c(cnn3-c3ccc(F)cc3)c(=O)[nH]2)ccc1Cl. The smallest absolute Gasteiger partial charge is 0.262 e. The fraction of sp³-hybridized carbons (Fsp3) is 0.100. The molecule has 2 aromatic heterocycles. The summed E-state index contributed by atoms with van der Waals surface area (Å²) in [5, 5.41) is 5.38. The van der Waals surface area contributed by atoms with E-state index in [1.54, 1.807) is 30.3 Å². The standard InChI is InChI=1S/C20H14ClFN4O2S/c1-11-8-12(2-7-16(11)21)17(27)10-29-20-24-18-15(19(28)25-20)9-23-26(18)14-5-3-13(22)4-6-14/h2-9H,10H2,1H3,(H,24,25,28). The van der Waals surface area contributed by atoms with E-state index in [1.165, 1.54) is 23.0 Å². The van der Waals surface area contributed by atoms with Crippen molar-refractivity contribution in [1.82, 2.24) is 19.7 Å². The molecule has 29 heavy (non-hydrogen) atoms. The summed E-state index contributed by atoms with van der Waals surface area (Å²) in [6.07, 6.45) is 1.40. The number of rotatable bonds is 5. The molecule has 0 radical (unpaired) electrons. The van der Waals surface area contributed by atoms with Crippen LogP contribution in [0.1, 0.15) is 15.9 Å². The molecule has 0 spiro atoms. The second-order valence-corrected chi connectivity index (χ2v) is 7.69. The third kappa shape index (κ3) is 3.94. The Hall–Kier alpha value is -2.97. The van der Waals surface area contributed by atoms with Crippen molar-refractivity contribution in [2.24, 2.45) is 0 Å². The molecule has 0 saturated heterocycles. The van der Waals surface area contributed by atoms with Gasteiger partial charge in [-0.15, -0.1) is 0 Å². The molecular weight excluding hydrogens is 415 g/mol. The van der Waals surface area contributed by atoms with Crippen LogP contribution in [0.2, 0.25) is 5.02 Å². The van der Waals surface area contributed by atoms with Crippen molar-refractivity contribution in [2.45, 2.75) is 12.1 Å². The molecule has 2 aromatic carbocycles. The highest BCUT2D eigenvalue weighted by Gasteiger charge is 2.14. The van der Waals surface area contributed by atoms with Gasteiger partial charge in [-0.25, -0.2) is 14.1 Å². The van der Waals surface area contributed by atoms with Gasteiger partial charge in [0.15, 0.2) is 16.6 Å². The molecule has 4 rings (SSSR count). The van der Waals surface area contributed by atoms with Crippen LogP contribution in [0.15, 0.2) is 58.6 Å². The molecule has 0 unspecified atom stereocenters. The predicted molar refractivity (Wildman–Crippen MR) is 111 cm³/mol. The van der Waals surface area contributed by atoms with Gasteiger partial charge in [-0.1, -0.05) is 23.4 Å². The summed E-state index contributed by atoms with van der Waals surface area (Å²) >= 11 is 7.12. The number of benzene rings is 2. The van der Waals surface area contributed by atoms with Gasteiger partial charge in [0.1, 0.15) is 11.2 Å². The molecule has 0 aliphatic carbocycles. The van der Waals surface area contributed by atoms with Crippen LogP contribution in [0.3, 0.4) is 0 Å². The number of halogens is 2. The van der Waals surface area contributed by atoms with Crippen LogP contribution in [-0.4, -0.2) is 31.3 Å². The maximum atomic E-state index is 13.2. The van der Waals surface area contributed by atoms with Crippen molar-refractivity contribution < 1.29 is 9.18 Å². The van der Waals surface area contributed by atoms with Crippen LogP contribution >= 0.6 is 23.4 Å². The number of aryl methyl sites for hydroxylation is 1. The normalized spacial score (nSPS) is 11.1. The van der Waals surface area contributed by atoms with E-state index in [2.05, 4.69) is 15.1 Å². The average Bonchev–Trinajstić information content (AvgIpc) is 3.13. The Morgan fingerprint density at radius 1 is 1.24 bits per heavy atom. The zero-order chi connectivity index (χ0) is 20.5. The molecule has 4 aromatic rings. The van der Waals surface area contributed by atoms with Crippen LogP contribution in [-0.2, 0) is 0 Å². The van der Waals surface area contributed by atoms with Crippen molar-refractivity contribution in [1.29, 1.82) is 0 Å². The lowest BCUT2D eigenvalue weighted by molar-refractivity contribution is 0.102. The minimum Gasteiger partial charge on any atom is -0.301 e. The zero-order valence-corrected chi connectivity index (χ0v) is 16.7. The first kappa shape index (κ1) is 19.4. The highest BCUT2D eigenvalue weighted by molar-refractivity contribution is 7.99. The third-order valence-electron chi connectivity index (χ3n) is 4.31. The number of carbonyl (C=O) groups is 1. The highest BCUT2D eigenvalue weighted by Crippen LogP contribution is 2.21. The van der Waals surface area contributed by atoms with Gasteiger partial charge < -0.3 is 4.98 Å². The summed E-state index contributed by atoms with van der Waals surface area (Å²) in [6, 6.07) is 10.8. The van der Waals surface area contributed by atoms with Gasteiger partial charge in [0.25, 0.3) is 5.56 Å². The van der Waals surface area contributed by atoms with Crippen molar-refractivity contribution in [3.8, 4) is 5.69 Å². The highest BCUT2D eigenvalue weighted by atomic mass is 35.5. The van der Waals surface area contributed by atoms with Crippen LogP contribution in [0.5, 0.6) is 0 Å². The van der Waals surface area contributed by atoms with Gasteiger partial charge in [0.2, 0.25) is 0 Å². The Morgan fingerprint density at radius 2 is 2.00 bits per heavy atom. The first-order valence-corrected chi connectivity index (χ1v) is 9.95. The van der Waals surface area contributed by atoms with Crippen LogP contribution < -0.4 is 5.56 Å². The lowest BCUT2D eigenvalue weighted by atomic mass is 10.1. The number of fused-ring (bicyclic) bond motifs is 1. The minimum atomic E-state index is -0.372. The van der Waals surface area contributed by atoms with E-state index < -0.39 is 0 Å². The molecule has 0 amide bonds. The fourth-order valence-corrected chi connectivity index (χ4v) is 3.64. The summed E-state index contributed by atoms with van der Waals surface area (Å²) in [5.74, 6) is -0.381. The minimum absolute atomic E-state index is 0.0974. The van der Waals surface area contributed by atoms with E-state index >= 15 is 0 Å². The van der Waals surface area contributed by atoms with Crippen molar-refractivity contribution in [2.75, 3.05) is 5.75 Å². The van der Waals surface area contributed by atoms with Gasteiger partial charge in [-0.05, 0) is 55.0 Å². The largest absolute Gasteiger partial charge is 0.301 e. The van der Waals surface area contributed by atoms with E-state index in [0.717, 1.165) is 17.3 Å². The molecule has 9 heteroatoms. The van der Waals surface area contributed by atoms with E-state index in [-0.39, 0.29) is 22.9 Å². The maximum absolute atomic E-state index is 13.2. The van der Waals surface area contributed by atoms with Crippen LogP contribution in [0.25, 0.3) is 16.7 Å². The molecule has 0 fully saturated rings. The van der Waals surface area contributed by atoms with E-state index in [9.17, 15) is 14.0 Å². The maximum Gasteiger partial charge on any atom is 0.262 e. The summed E-state index contributed by atoms with van der Waals surface area (Å²) in [5.41, 5.74) is 1.90. The number of aromatic nitrogens is 4. The van der Waals surface area contributed by atoms with E-state index in [4.69, 9.17) is 11.6 Å². The molecule has 6 nitrogen and oxygen atoms in total. The molecule has 0 aliphatic heterocycles. The summed E-state index contributed by atoms with van der Waals surface area (Å²) < 4.78 is 14.6. The lowest BCUT2D eigenvalue weighted by Gasteiger charge is -2.05. The quantitative estimate of drug-likeness (QED) is 0.293. The number of nitrogens with one attached hydrogen (secondary N) is 1. The van der Waals surface area contributed by atoms with Gasteiger partial charge in [0.05, 0.1) is 17.6 Å². The van der Waals surface area contributed by atoms with Gasteiger partial charge in [0, 0.05) is 10.6 Å². The molecule has 0 saturated carbocycles. The van der Waals surface area contributed by atoms with Crippen molar-refractivity contribution >= 4 is 40.2 Å². The Labute approximate surface area is 173 Å². The lowest BCUT2D eigenvalue weighted by Crippen LogP contribution is -2.11. The second-order valence-electron chi connectivity index (χ2n) is 6.32. The number of hydrogen-bond acceptors (Lipinski definition) is 5. The molecule has 0 atom stereocenters. The molecule has 0 bridgehead atoms. The Morgan fingerprint density at radius 3 is 2.72 bits per heavy atom. The summed E-state index contributed by atoms with van der Waals surface area (Å²) in [6.45, 7) is 1.83. The first-order valence-electron chi connectivity index (χ1n) is 8.58. The molecule has 2 heterocycles. The first-order chi connectivity index (χ1) is 13.9. The molecule has 0 aliphatic rings. The van der Waals surface area contributed by atoms with Gasteiger partial charge in [-0.2, -0.15) is 5.10 Å². The Balaban J connectivity index is 1.61. The number of ketones is 1. The number of aromatic amines is 1. The number of thioether (sulfide) groups is 1. The Bertz CT molecular complexity index is 1280. The van der Waals surface area contributed by atoms with Gasteiger partial charge in [-0.3, -0.25) is 9.59 Å². The van der Waals surface area contributed by atoms with Crippen molar-refractivity contribution in [3.05, 3.63) is 81.0 Å². The monoisotopic (exact) mass is 428 g/mol. The Kier molecular flexibility index (Phi) is 5.21. The fourth-order valence-electron chi connectivity index (χ4n) is 2.77. The second kappa shape index (κ2) is 7.81. The van der Waals surface area contributed by atoms with Crippen LogP contribution in [0.4, 0.5) is 4.39 Å². The molecule has 146 valence electrons. The average molecular weight is 429 g/mol. The number of carbonyl (C=O) groups excluding carboxylic acids is 1. The topological polar surface area (TPSA) is 80.6 Å². The summed E-state index contributed by atoms with van der Waals surface area (Å²) in [4.78, 5) is 31.9. The molecular formula is C20H14ClFN4O2S. The molecule has 1 N–H and O–H groups in total. The number of Topliss-reactive ketones (excluding diaryl/α,β-unsaturated/α-hetero) is 1. The predicted octanol–water partition coefficient (Wildman–Crippen LogP) is 4.18. The number of nitrogens with zero attached hydrogens (tertiary/aromatic N) is 3. The van der Waals surface area contributed by atoms with E-state index in [0.29, 0.717) is 32.5 Å². The summed E-state index contributed by atoms with van der Waals surface area (Å²) in [7, 11) is 0. The van der Waals surface area contributed by atoms with E-state index in [1.807, 2.05) is 6.92 Å². The van der Waals surface area contributed by atoms with Crippen LogP contribution in [0, 0.1) is 12.7 Å². The number of hydrogen-bond donors (Lipinski definition) is 1. The zero-order valence-electron chi connectivity index (χ0n) is 15.1. The van der Waals surface area contributed by atoms with Crippen molar-refractivity contribution in [3.63, 3.8) is 0 Å². The van der Waals surface area contributed by atoms with Gasteiger partial charge >= 0.3 is 0 Å². The number of H-pyrrole nitrogens is 1.